The summed E-state index contributed by atoms with van der Waals surface area (Å²) in [4.78, 5) is 4.20. The van der Waals surface area contributed by atoms with E-state index < -0.39 is 7.14 Å². The second kappa shape index (κ2) is 10.4. The van der Waals surface area contributed by atoms with Crippen LogP contribution in [0, 0.1) is 0 Å². The fourth-order valence-corrected chi connectivity index (χ4v) is 9.25. The van der Waals surface area contributed by atoms with E-state index in [4.69, 9.17) is 8.83 Å². The standard InChI is InChI=1S/C41H26NO3P/c43-46(31-9-3-1-4-10-31,32-11-5-2-6-12-32)33-13-7-8-27(22-33)28-14-18-39-36(24-28)37-25-30(16-19-40(37)44-39)29-15-17-38-35(23-29)34-20-21-42-26-41(34)45-38/h1-26H. The molecule has 4 nitrogen and oxygen atoms in total. The number of rotatable bonds is 5. The average molecular weight is 612 g/mol. The van der Waals surface area contributed by atoms with E-state index in [1.165, 1.54) is 0 Å². The molecule has 0 bridgehead atoms. The molecule has 0 amide bonds. The third kappa shape index (κ3) is 4.23. The summed E-state index contributed by atoms with van der Waals surface area (Å²) in [7, 11) is -3.10. The number of aromatic nitrogens is 1. The van der Waals surface area contributed by atoms with Crippen molar-refractivity contribution >= 4 is 66.9 Å². The number of nitrogens with zero attached hydrogens (tertiary/aromatic N) is 1. The van der Waals surface area contributed by atoms with E-state index in [9.17, 15) is 0 Å². The van der Waals surface area contributed by atoms with Gasteiger partial charge in [-0.25, -0.2) is 0 Å². The lowest BCUT2D eigenvalue weighted by atomic mass is 9.99. The van der Waals surface area contributed by atoms with Crippen molar-refractivity contribution in [1.82, 2.24) is 4.98 Å². The largest absolute Gasteiger partial charge is 0.456 e. The summed E-state index contributed by atoms with van der Waals surface area (Å²) in [5.74, 6) is 0. The van der Waals surface area contributed by atoms with E-state index in [1.54, 1.807) is 12.4 Å². The summed E-state index contributed by atoms with van der Waals surface area (Å²) in [6.07, 6.45) is 3.55. The summed E-state index contributed by atoms with van der Waals surface area (Å²) in [6.45, 7) is 0. The van der Waals surface area contributed by atoms with Crippen LogP contribution in [0.3, 0.4) is 0 Å². The molecule has 3 heterocycles. The summed E-state index contributed by atoms with van der Waals surface area (Å²) in [5.41, 5.74) is 7.53. The molecule has 0 atom stereocenters. The van der Waals surface area contributed by atoms with Gasteiger partial charge in [0.25, 0.3) is 0 Å². The maximum Gasteiger partial charge on any atom is 0.171 e. The van der Waals surface area contributed by atoms with Crippen molar-refractivity contribution in [3.05, 3.63) is 158 Å². The molecule has 0 fully saturated rings. The van der Waals surface area contributed by atoms with Gasteiger partial charge in [0.15, 0.2) is 12.7 Å². The number of pyridine rings is 1. The SMILES string of the molecule is O=P(c1ccccc1)(c1ccccc1)c1cccc(-c2ccc3oc4ccc(-c5ccc6oc7cnccc7c6c5)cc4c3c2)c1. The van der Waals surface area contributed by atoms with Gasteiger partial charge < -0.3 is 13.4 Å². The molecule has 0 unspecified atom stereocenters. The van der Waals surface area contributed by atoms with Gasteiger partial charge in [0.05, 0.1) is 6.20 Å². The zero-order valence-electron chi connectivity index (χ0n) is 24.6. The van der Waals surface area contributed by atoms with Crippen molar-refractivity contribution in [1.29, 1.82) is 0 Å². The molecule has 0 spiro atoms. The van der Waals surface area contributed by atoms with Crippen LogP contribution in [-0.2, 0) is 4.57 Å². The van der Waals surface area contributed by atoms with Crippen LogP contribution in [0.1, 0.15) is 0 Å². The molecule has 6 aromatic carbocycles. The van der Waals surface area contributed by atoms with Crippen LogP contribution >= 0.6 is 7.14 Å². The van der Waals surface area contributed by atoms with Gasteiger partial charge in [0, 0.05) is 43.7 Å². The highest BCUT2D eigenvalue weighted by Gasteiger charge is 2.29. The molecule has 0 aliphatic rings. The van der Waals surface area contributed by atoms with E-state index in [0.717, 1.165) is 82.0 Å². The molecule has 0 saturated carbocycles. The molecule has 46 heavy (non-hydrogen) atoms. The molecule has 218 valence electrons. The van der Waals surface area contributed by atoms with Gasteiger partial charge >= 0.3 is 0 Å². The van der Waals surface area contributed by atoms with Gasteiger partial charge in [-0.05, 0) is 70.8 Å². The van der Waals surface area contributed by atoms with Crippen molar-refractivity contribution in [2.75, 3.05) is 0 Å². The lowest BCUT2D eigenvalue weighted by Gasteiger charge is -2.20. The normalized spacial score (nSPS) is 12.0. The molecule has 5 heteroatoms. The molecule has 0 saturated heterocycles. The Kier molecular flexibility index (Phi) is 6.06. The van der Waals surface area contributed by atoms with Gasteiger partial charge in [-0.15, -0.1) is 0 Å². The Morgan fingerprint density at radius 3 is 1.46 bits per heavy atom. The zero-order chi connectivity index (χ0) is 30.7. The monoisotopic (exact) mass is 611 g/mol. The van der Waals surface area contributed by atoms with Crippen molar-refractivity contribution in [3.63, 3.8) is 0 Å². The Morgan fingerprint density at radius 2 is 0.891 bits per heavy atom. The Bertz CT molecular complexity index is 2580. The van der Waals surface area contributed by atoms with Crippen molar-refractivity contribution < 1.29 is 13.4 Å². The first kappa shape index (κ1) is 26.7. The van der Waals surface area contributed by atoms with Gasteiger partial charge in [-0.1, -0.05) is 97.1 Å². The van der Waals surface area contributed by atoms with Crippen molar-refractivity contribution in [2.24, 2.45) is 0 Å². The summed E-state index contributed by atoms with van der Waals surface area (Å²) in [5, 5.41) is 6.65. The van der Waals surface area contributed by atoms with Gasteiger partial charge in [-0.2, -0.15) is 0 Å². The average Bonchev–Trinajstić information content (AvgIpc) is 3.69. The molecule has 0 N–H and O–H groups in total. The lowest BCUT2D eigenvalue weighted by Crippen LogP contribution is -2.25. The molecule has 0 aliphatic heterocycles. The summed E-state index contributed by atoms with van der Waals surface area (Å²) in [6, 6.07) is 48.7. The number of hydrogen-bond acceptors (Lipinski definition) is 4. The lowest BCUT2D eigenvalue weighted by molar-refractivity contribution is 0.592. The Hall–Kier alpha value is -5.70. The number of hydrogen-bond donors (Lipinski definition) is 0. The van der Waals surface area contributed by atoms with Gasteiger partial charge in [0.2, 0.25) is 0 Å². The van der Waals surface area contributed by atoms with E-state index in [-0.39, 0.29) is 0 Å². The Balaban J connectivity index is 1.16. The van der Waals surface area contributed by atoms with E-state index >= 15 is 4.57 Å². The predicted octanol–water partition coefficient (Wildman–Crippen LogP) is 9.85. The van der Waals surface area contributed by atoms with Crippen molar-refractivity contribution in [3.8, 4) is 22.3 Å². The minimum absolute atomic E-state index is 0.784. The minimum atomic E-state index is -3.10. The van der Waals surface area contributed by atoms with Crippen LogP contribution < -0.4 is 15.9 Å². The van der Waals surface area contributed by atoms with Crippen LogP contribution in [0.15, 0.2) is 167 Å². The van der Waals surface area contributed by atoms with Gasteiger partial charge in [0.1, 0.15) is 16.7 Å². The third-order valence-corrected chi connectivity index (χ3v) is 11.9. The van der Waals surface area contributed by atoms with Crippen molar-refractivity contribution in [2.45, 2.75) is 0 Å². The first-order valence-electron chi connectivity index (χ1n) is 15.2. The topological polar surface area (TPSA) is 56.2 Å². The summed E-state index contributed by atoms with van der Waals surface area (Å²) < 4.78 is 27.3. The Morgan fingerprint density at radius 1 is 0.413 bits per heavy atom. The third-order valence-electron chi connectivity index (χ3n) is 8.86. The zero-order valence-corrected chi connectivity index (χ0v) is 25.5. The predicted molar refractivity (Wildman–Crippen MR) is 189 cm³/mol. The highest BCUT2D eigenvalue weighted by Crippen LogP contribution is 2.43. The molecule has 9 aromatic rings. The van der Waals surface area contributed by atoms with Crippen LogP contribution in [0.5, 0.6) is 0 Å². The summed E-state index contributed by atoms with van der Waals surface area (Å²) >= 11 is 0. The van der Waals surface area contributed by atoms with Crippen LogP contribution in [0.25, 0.3) is 66.1 Å². The second-order valence-electron chi connectivity index (χ2n) is 11.5. The van der Waals surface area contributed by atoms with Crippen LogP contribution in [-0.4, -0.2) is 4.98 Å². The molecule has 3 aromatic heterocycles. The van der Waals surface area contributed by atoms with Crippen LogP contribution in [0.4, 0.5) is 0 Å². The smallest absolute Gasteiger partial charge is 0.171 e. The number of furan rings is 2. The van der Waals surface area contributed by atoms with Crippen LogP contribution in [0.2, 0.25) is 0 Å². The molecular formula is C41H26NO3P. The van der Waals surface area contributed by atoms with E-state index in [2.05, 4.69) is 53.5 Å². The first-order chi connectivity index (χ1) is 22.6. The highest BCUT2D eigenvalue weighted by molar-refractivity contribution is 7.85. The molecule has 9 rings (SSSR count). The molecule has 0 aliphatic carbocycles. The maximum absolute atomic E-state index is 15.0. The molecule has 0 radical (unpaired) electrons. The Labute approximate surface area is 264 Å². The fourth-order valence-electron chi connectivity index (χ4n) is 6.55. The maximum atomic E-state index is 15.0. The fraction of sp³-hybridized carbons (Fsp3) is 0. The number of fused-ring (bicyclic) bond motifs is 6. The molecular weight excluding hydrogens is 585 g/mol. The number of benzene rings is 6. The quantitative estimate of drug-likeness (QED) is 0.182. The highest BCUT2D eigenvalue weighted by atomic mass is 31.2. The van der Waals surface area contributed by atoms with E-state index in [0.29, 0.717) is 0 Å². The first-order valence-corrected chi connectivity index (χ1v) is 16.9. The van der Waals surface area contributed by atoms with Gasteiger partial charge in [-0.3, -0.25) is 4.98 Å². The minimum Gasteiger partial charge on any atom is -0.456 e. The van der Waals surface area contributed by atoms with E-state index in [1.807, 2.05) is 97.1 Å². The second-order valence-corrected chi connectivity index (χ2v) is 14.3.